The van der Waals surface area contributed by atoms with Gasteiger partial charge in [0.2, 0.25) is 0 Å². The molecule has 7 heteroatoms. The van der Waals surface area contributed by atoms with Gasteiger partial charge in [-0.05, 0) is 18.2 Å². The van der Waals surface area contributed by atoms with Crippen LogP contribution in [-0.4, -0.2) is 4.92 Å². The molecule has 0 saturated heterocycles. The second-order valence-corrected chi connectivity index (χ2v) is 5.74. The van der Waals surface area contributed by atoms with E-state index in [0.29, 0.717) is 31.9 Å². The average Bonchev–Trinajstić information content (AvgIpc) is 2.39. The van der Waals surface area contributed by atoms with Crippen LogP contribution in [0.3, 0.4) is 0 Å². The van der Waals surface area contributed by atoms with Crippen molar-refractivity contribution in [3.8, 4) is 0 Å². The molecule has 0 aliphatic heterocycles. The molecular weight excluding hydrogens is 319 g/mol. The Kier molecular flexibility index (Phi) is 4.75. The third-order valence-corrected chi connectivity index (χ3v) is 4.61. The van der Waals surface area contributed by atoms with Gasteiger partial charge in [0, 0.05) is 22.4 Å². The van der Waals surface area contributed by atoms with E-state index in [1.165, 1.54) is 17.8 Å². The molecule has 0 spiro atoms. The van der Waals surface area contributed by atoms with Gasteiger partial charge >= 0.3 is 0 Å². The number of nitrogen functional groups attached to an aromatic ring is 1. The Labute approximate surface area is 130 Å². The van der Waals surface area contributed by atoms with Crippen LogP contribution in [-0.2, 0) is 5.75 Å². The highest BCUT2D eigenvalue weighted by Gasteiger charge is 2.17. The van der Waals surface area contributed by atoms with Crippen molar-refractivity contribution in [2.45, 2.75) is 10.6 Å². The van der Waals surface area contributed by atoms with Crippen LogP contribution < -0.4 is 5.73 Å². The summed E-state index contributed by atoms with van der Waals surface area (Å²) in [4.78, 5) is 11.3. The number of benzene rings is 2. The third-order valence-electron chi connectivity index (χ3n) is 2.65. The van der Waals surface area contributed by atoms with E-state index < -0.39 is 4.92 Å². The maximum absolute atomic E-state index is 11.0. The van der Waals surface area contributed by atoms with Crippen LogP contribution in [0, 0.1) is 10.1 Å². The Morgan fingerprint density at radius 2 is 1.80 bits per heavy atom. The summed E-state index contributed by atoms with van der Waals surface area (Å²) in [5.74, 6) is 0.323. The van der Waals surface area contributed by atoms with Gasteiger partial charge in [-0.3, -0.25) is 10.1 Å². The van der Waals surface area contributed by atoms with E-state index in [0.717, 1.165) is 0 Å². The van der Waals surface area contributed by atoms with E-state index in [-0.39, 0.29) is 5.69 Å². The highest BCUT2D eigenvalue weighted by Crippen LogP contribution is 2.38. The van der Waals surface area contributed by atoms with E-state index in [1.807, 2.05) is 0 Å². The Morgan fingerprint density at radius 1 is 1.15 bits per heavy atom. The zero-order chi connectivity index (χ0) is 14.7. The molecule has 2 rings (SSSR count). The maximum Gasteiger partial charge on any atom is 0.274 e. The van der Waals surface area contributed by atoms with Gasteiger partial charge in [-0.1, -0.05) is 35.3 Å². The predicted octanol–water partition coefficient (Wildman–Crippen LogP) is 4.78. The van der Waals surface area contributed by atoms with Crippen LogP contribution in [0.15, 0.2) is 41.3 Å². The number of halogens is 2. The minimum Gasteiger partial charge on any atom is -0.398 e. The molecule has 2 aromatic rings. The summed E-state index contributed by atoms with van der Waals surface area (Å²) in [6.07, 6.45) is 0. The molecule has 20 heavy (non-hydrogen) atoms. The van der Waals surface area contributed by atoms with Gasteiger partial charge < -0.3 is 5.73 Å². The fraction of sp³-hybridized carbons (Fsp3) is 0.0769. The first-order chi connectivity index (χ1) is 9.50. The van der Waals surface area contributed by atoms with E-state index in [1.54, 1.807) is 30.3 Å². The number of rotatable bonds is 4. The van der Waals surface area contributed by atoms with E-state index in [9.17, 15) is 10.1 Å². The number of hydrogen-bond acceptors (Lipinski definition) is 4. The van der Waals surface area contributed by atoms with Crippen LogP contribution in [0.1, 0.15) is 5.56 Å². The first-order valence-corrected chi connectivity index (χ1v) is 7.33. The van der Waals surface area contributed by atoms with Crippen molar-refractivity contribution in [3.05, 3.63) is 62.1 Å². The molecule has 0 bridgehead atoms. The number of anilines is 1. The van der Waals surface area contributed by atoms with Crippen molar-refractivity contribution in [1.82, 2.24) is 0 Å². The van der Waals surface area contributed by atoms with Crippen molar-refractivity contribution in [1.29, 1.82) is 0 Å². The molecule has 0 aromatic heterocycles. The standard InChI is InChI=1S/C13H10Cl2N2O2S/c14-9-3-2-6-12(17(18)19)8(9)7-20-13-10(15)4-1-5-11(13)16/h1-6H,7,16H2. The summed E-state index contributed by atoms with van der Waals surface area (Å²) in [6, 6.07) is 9.81. The third kappa shape index (κ3) is 3.17. The minimum absolute atomic E-state index is 0.00405. The molecule has 0 unspecified atom stereocenters. The Morgan fingerprint density at radius 3 is 2.45 bits per heavy atom. The lowest BCUT2D eigenvalue weighted by Gasteiger charge is -2.09. The van der Waals surface area contributed by atoms with Crippen molar-refractivity contribution in [2.75, 3.05) is 5.73 Å². The molecule has 0 saturated carbocycles. The SMILES string of the molecule is Nc1cccc(Cl)c1SCc1c(Cl)cccc1[N+](=O)[O-]. The number of nitrogens with two attached hydrogens (primary N) is 1. The topological polar surface area (TPSA) is 69.2 Å². The lowest BCUT2D eigenvalue weighted by Crippen LogP contribution is -1.96. The van der Waals surface area contributed by atoms with Gasteiger partial charge in [0.25, 0.3) is 5.69 Å². The lowest BCUT2D eigenvalue weighted by molar-refractivity contribution is -0.385. The molecule has 0 atom stereocenters. The largest absolute Gasteiger partial charge is 0.398 e. The van der Waals surface area contributed by atoms with Crippen molar-refractivity contribution < 1.29 is 4.92 Å². The monoisotopic (exact) mass is 328 g/mol. The van der Waals surface area contributed by atoms with Crippen LogP contribution in [0.5, 0.6) is 0 Å². The predicted molar refractivity (Wildman–Crippen MR) is 83.5 cm³/mol. The molecule has 104 valence electrons. The summed E-state index contributed by atoms with van der Waals surface area (Å²) in [5, 5.41) is 11.9. The van der Waals surface area contributed by atoms with E-state index >= 15 is 0 Å². The summed E-state index contributed by atoms with van der Waals surface area (Å²) in [5.41, 5.74) is 6.85. The molecule has 0 aliphatic rings. The first kappa shape index (κ1) is 15.0. The number of thioether (sulfide) groups is 1. The van der Waals surface area contributed by atoms with Crippen LogP contribution in [0.25, 0.3) is 0 Å². The first-order valence-electron chi connectivity index (χ1n) is 5.59. The highest BCUT2D eigenvalue weighted by atomic mass is 35.5. The molecule has 2 N–H and O–H groups in total. The van der Waals surface area contributed by atoms with Gasteiger partial charge in [0.15, 0.2) is 0 Å². The molecule has 0 amide bonds. The van der Waals surface area contributed by atoms with Crippen molar-refractivity contribution in [3.63, 3.8) is 0 Å². The van der Waals surface area contributed by atoms with Crippen LogP contribution in [0.2, 0.25) is 10.0 Å². The molecule has 0 radical (unpaired) electrons. The fourth-order valence-corrected chi connectivity index (χ4v) is 3.38. The van der Waals surface area contributed by atoms with Crippen molar-refractivity contribution in [2.24, 2.45) is 0 Å². The quantitative estimate of drug-likeness (QED) is 0.379. The maximum atomic E-state index is 11.0. The number of nitro benzene ring substituents is 1. The molecule has 2 aromatic carbocycles. The normalized spacial score (nSPS) is 10.5. The van der Waals surface area contributed by atoms with Crippen molar-refractivity contribution >= 4 is 46.3 Å². The zero-order valence-electron chi connectivity index (χ0n) is 10.2. The number of hydrogen-bond donors (Lipinski definition) is 1. The Hall–Kier alpha value is -1.43. The summed E-state index contributed by atoms with van der Waals surface area (Å²) < 4.78 is 0. The van der Waals surface area contributed by atoms with E-state index in [2.05, 4.69) is 0 Å². The molecule has 0 heterocycles. The Balaban J connectivity index is 2.30. The number of nitrogens with zero attached hydrogens (tertiary/aromatic N) is 1. The average molecular weight is 329 g/mol. The van der Waals surface area contributed by atoms with Crippen LogP contribution in [0.4, 0.5) is 11.4 Å². The minimum atomic E-state index is -0.447. The molecule has 4 nitrogen and oxygen atoms in total. The Bertz CT molecular complexity index is 645. The van der Waals surface area contributed by atoms with Gasteiger partial charge in [0.05, 0.1) is 20.5 Å². The zero-order valence-corrected chi connectivity index (χ0v) is 12.5. The second-order valence-electron chi connectivity index (χ2n) is 3.94. The number of nitro groups is 1. The molecular formula is C13H10Cl2N2O2S. The lowest BCUT2D eigenvalue weighted by atomic mass is 10.2. The van der Waals surface area contributed by atoms with Crippen LogP contribution >= 0.6 is 35.0 Å². The van der Waals surface area contributed by atoms with Gasteiger partial charge in [0.1, 0.15) is 0 Å². The smallest absolute Gasteiger partial charge is 0.274 e. The van der Waals surface area contributed by atoms with Gasteiger partial charge in [-0.25, -0.2) is 0 Å². The summed E-state index contributed by atoms with van der Waals surface area (Å²) in [7, 11) is 0. The van der Waals surface area contributed by atoms with E-state index in [4.69, 9.17) is 28.9 Å². The van der Waals surface area contributed by atoms with Gasteiger partial charge in [-0.2, -0.15) is 0 Å². The molecule has 0 fully saturated rings. The fourth-order valence-electron chi connectivity index (χ4n) is 1.68. The summed E-state index contributed by atoms with van der Waals surface area (Å²) in [6.45, 7) is 0. The van der Waals surface area contributed by atoms with Gasteiger partial charge in [-0.15, -0.1) is 11.8 Å². The summed E-state index contributed by atoms with van der Waals surface area (Å²) >= 11 is 13.4. The highest BCUT2D eigenvalue weighted by molar-refractivity contribution is 7.98. The second kappa shape index (κ2) is 6.35. The molecule has 0 aliphatic carbocycles.